The van der Waals surface area contributed by atoms with E-state index < -0.39 is 11.4 Å². The van der Waals surface area contributed by atoms with Crippen LogP contribution in [0, 0.1) is 11.3 Å². The number of carboxylic acids is 1. The number of fused-ring (bicyclic) bond motifs is 1. The van der Waals surface area contributed by atoms with Crippen LogP contribution in [0.5, 0.6) is 0 Å². The normalized spacial score (nSPS) is 18.7. The van der Waals surface area contributed by atoms with Gasteiger partial charge < -0.3 is 14.6 Å². The summed E-state index contributed by atoms with van der Waals surface area (Å²) >= 11 is 0. The lowest BCUT2D eigenvalue weighted by molar-refractivity contribution is 0.0693. The Labute approximate surface area is 197 Å². The fourth-order valence-electron chi connectivity index (χ4n) is 4.90. The molecule has 1 aliphatic rings. The largest absolute Gasteiger partial charge is 0.477 e. The van der Waals surface area contributed by atoms with Gasteiger partial charge in [-0.15, -0.1) is 0 Å². The van der Waals surface area contributed by atoms with E-state index in [2.05, 4.69) is 78.6 Å². The summed E-state index contributed by atoms with van der Waals surface area (Å²) in [5.74, 6) is -0.608. The van der Waals surface area contributed by atoms with Gasteiger partial charge >= 0.3 is 5.97 Å². The Balaban J connectivity index is 2.49. The number of hydrogen-bond acceptors (Lipinski definition) is 3. The van der Waals surface area contributed by atoms with Crippen molar-refractivity contribution in [2.75, 3.05) is 13.6 Å². The molecule has 3 rings (SSSR count). The zero-order chi connectivity index (χ0) is 24.7. The molecule has 1 aromatic heterocycles. The number of carboxylic acid groups (broad SMARTS) is 1. The Kier molecular flexibility index (Phi) is 6.92. The summed E-state index contributed by atoms with van der Waals surface area (Å²) < 4.78 is 2.02. The molecule has 0 aliphatic carbocycles. The molecule has 5 nitrogen and oxygen atoms in total. The van der Waals surface area contributed by atoms with Crippen LogP contribution in [0.2, 0.25) is 0 Å². The number of aromatic carboxylic acids is 1. The first-order valence-corrected chi connectivity index (χ1v) is 11.9. The van der Waals surface area contributed by atoms with Gasteiger partial charge in [0.15, 0.2) is 5.43 Å². The summed E-state index contributed by atoms with van der Waals surface area (Å²) in [6.07, 6.45) is 3.66. The molecule has 178 valence electrons. The number of nitrogens with zero attached hydrogens (tertiary/aromatic N) is 2. The molecule has 0 spiro atoms. The van der Waals surface area contributed by atoms with Crippen molar-refractivity contribution in [1.29, 1.82) is 0 Å². The molecular weight excluding hydrogens is 412 g/mol. The molecule has 0 saturated heterocycles. The lowest BCUT2D eigenvalue weighted by Gasteiger charge is -2.43. The summed E-state index contributed by atoms with van der Waals surface area (Å²) in [6.45, 7) is 16.0. The van der Waals surface area contributed by atoms with Crippen LogP contribution >= 0.6 is 0 Å². The van der Waals surface area contributed by atoms with Crippen LogP contribution in [0.1, 0.15) is 82.5 Å². The van der Waals surface area contributed by atoms with Gasteiger partial charge in [0.2, 0.25) is 0 Å². The van der Waals surface area contributed by atoms with Gasteiger partial charge in [-0.25, -0.2) is 4.79 Å². The highest BCUT2D eigenvalue weighted by molar-refractivity contribution is 5.87. The van der Waals surface area contributed by atoms with E-state index >= 15 is 0 Å². The molecule has 1 aliphatic heterocycles. The summed E-state index contributed by atoms with van der Waals surface area (Å²) in [6, 6.07) is 7.98. The predicted octanol–water partition coefficient (Wildman–Crippen LogP) is 4.01. The fraction of sp³-hybridized carbons (Fsp3) is 0.500. The molecular formula is C28H38N2O3. The zero-order valence-electron chi connectivity index (χ0n) is 21.3. The van der Waals surface area contributed by atoms with E-state index in [1.807, 2.05) is 4.57 Å². The van der Waals surface area contributed by atoms with Crippen LogP contribution in [0.3, 0.4) is 0 Å². The molecule has 0 radical (unpaired) electrons. The zero-order valence-corrected chi connectivity index (χ0v) is 21.3. The number of aromatic nitrogens is 1. The molecule has 0 saturated carbocycles. The minimum Gasteiger partial charge on any atom is -0.477 e. The third-order valence-corrected chi connectivity index (χ3v) is 6.89. The standard InChI is InChI=1S/C28H38N2O3/c1-9-18(4)13-19-11-10-12-20(25(19)17(2)3)26-22-14-23(31)21(27(32)33)15-30(22)24(16-29(26)8)28(5,6)7/h10-12,14-15,18,24H,9,13,16H2,1-8H3,(H,32,33)/b26-20-. The van der Waals surface area contributed by atoms with Crippen LogP contribution in [0.15, 0.2) is 35.3 Å². The van der Waals surface area contributed by atoms with E-state index in [-0.39, 0.29) is 17.0 Å². The molecule has 2 unspecified atom stereocenters. The first-order valence-electron chi connectivity index (χ1n) is 11.9. The first kappa shape index (κ1) is 24.8. The molecule has 1 N–H and O–H groups in total. The predicted molar refractivity (Wildman–Crippen MR) is 135 cm³/mol. The van der Waals surface area contributed by atoms with Gasteiger partial charge in [-0.1, -0.05) is 64.8 Å². The maximum atomic E-state index is 12.8. The van der Waals surface area contributed by atoms with Crippen molar-refractivity contribution in [2.45, 2.75) is 67.3 Å². The lowest BCUT2D eigenvalue weighted by atomic mass is 9.84. The van der Waals surface area contributed by atoms with E-state index in [4.69, 9.17) is 0 Å². The van der Waals surface area contributed by atoms with Crippen LogP contribution < -0.4 is 15.9 Å². The van der Waals surface area contributed by atoms with Crippen LogP contribution in [-0.2, 0) is 6.42 Å². The molecule has 0 fully saturated rings. The Morgan fingerprint density at radius 1 is 1.24 bits per heavy atom. The second-order valence-electron chi connectivity index (χ2n) is 10.8. The molecule has 5 heteroatoms. The highest BCUT2D eigenvalue weighted by atomic mass is 16.4. The summed E-state index contributed by atoms with van der Waals surface area (Å²) in [5.41, 5.74) is 3.56. The van der Waals surface area contributed by atoms with E-state index in [0.717, 1.165) is 36.0 Å². The number of benzene rings is 1. The summed E-state index contributed by atoms with van der Waals surface area (Å²) in [5, 5.41) is 11.9. The van der Waals surface area contributed by atoms with E-state index in [1.54, 1.807) is 6.20 Å². The second kappa shape index (κ2) is 9.20. The number of likely N-dealkylation sites (N-methyl/N-ethyl adjacent to an activating group) is 1. The van der Waals surface area contributed by atoms with Crippen LogP contribution in [-0.4, -0.2) is 34.1 Å². The van der Waals surface area contributed by atoms with Crippen molar-refractivity contribution in [2.24, 2.45) is 11.3 Å². The first-order chi connectivity index (χ1) is 15.4. The SMILES string of the molecule is CCC(C)Cc1ccc/c(=C2\c3cc(=O)c(C(=O)O)cn3C(C(C)(C)C)CN2C)c1=C(C)C. The van der Waals surface area contributed by atoms with Crippen molar-refractivity contribution in [3.63, 3.8) is 0 Å². The average Bonchev–Trinajstić information content (AvgIpc) is 2.71. The minimum absolute atomic E-state index is 0.0263. The van der Waals surface area contributed by atoms with Crippen LogP contribution in [0.4, 0.5) is 0 Å². The Morgan fingerprint density at radius 3 is 2.45 bits per heavy atom. The maximum Gasteiger partial charge on any atom is 0.341 e. The summed E-state index contributed by atoms with van der Waals surface area (Å²) in [7, 11) is 2.07. The van der Waals surface area contributed by atoms with E-state index in [0.29, 0.717) is 5.92 Å². The van der Waals surface area contributed by atoms with Gasteiger partial charge in [0.05, 0.1) is 17.4 Å². The second-order valence-corrected chi connectivity index (χ2v) is 10.8. The number of hydrogen-bond donors (Lipinski definition) is 1. The molecule has 33 heavy (non-hydrogen) atoms. The molecule has 0 amide bonds. The monoisotopic (exact) mass is 450 g/mol. The summed E-state index contributed by atoms with van der Waals surface area (Å²) in [4.78, 5) is 26.8. The Hall–Kier alpha value is -2.82. The molecule has 1 aromatic carbocycles. The van der Waals surface area contributed by atoms with E-state index in [1.165, 1.54) is 22.4 Å². The van der Waals surface area contributed by atoms with Gasteiger partial charge in [0.1, 0.15) is 5.56 Å². The highest BCUT2D eigenvalue weighted by Crippen LogP contribution is 2.37. The number of pyridine rings is 1. The van der Waals surface area contributed by atoms with Crippen molar-refractivity contribution >= 4 is 17.2 Å². The fourth-order valence-corrected chi connectivity index (χ4v) is 4.90. The minimum atomic E-state index is -1.18. The molecule has 2 heterocycles. The van der Waals surface area contributed by atoms with Crippen molar-refractivity contribution in [3.05, 3.63) is 67.9 Å². The molecule has 0 bridgehead atoms. The van der Waals surface area contributed by atoms with Gasteiger partial charge in [-0.3, -0.25) is 4.79 Å². The molecule has 2 aromatic rings. The van der Waals surface area contributed by atoms with Crippen molar-refractivity contribution in [1.82, 2.24) is 9.47 Å². The Morgan fingerprint density at radius 2 is 1.91 bits per heavy atom. The topological polar surface area (TPSA) is 62.5 Å². The average molecular weight is 451 g/mol. The van der Waals surface area contributed by atoms with Crippen molar-refractivity contribution in [3.8, 4) is 0 Å². The third-order valence-electron chi connectivity index (χ3n) is 6.89. The molecule has 2 atom stereocenters. The van der Waals surface area contributed by atoms with Gasteiger partial charge in [-0.05, 0) is 42.4 Å². The lowest BCUT2D eigenvalue weighted by Crippen LogP contribution is -2.46. The quantitative estimate of drug-likeness (QED) is 0.764. The smallest absolute Gasteiger partial charge is 0.341 e. The highest BCUT2D eigenvalue weighted by Gasteiger charge is 2.35. The van der Waals surface area contributed by atoms with Gasteiger partial charge in [-0.2, -0.15) is 0 Å². The van der Waals surface area contributed by atoms with E-state index in [9.17, 15) is 14.7 Å². The number of carbonyl (C=O) groups is 1. The number of rotatable bonds is 4. The van der Waals surface area contributed by atoms with Crippen LogP contribution in [0.25, 0.3) is 11.3 Å². The van der Waals surface area contributed by atoms with Crippen molar-refractivity contribution < 1.29 is 9.90 Å². The third kappa shape index (κ3) is 4.78. The van der Waals surface area contributed by atoms with Gasteiger partial charge in [0, 0.05) is 31.1 Å². The maximum absolute atomic E-state index is 12.8. The Bertz CT molecular complexity index is 1240. The van der Waals surface area contributed by atoms with Gasteiger partial charge in [0.25, 0.3) is 0 Å².